The fourth-order valence-corrected chi connectivity index (χ4v) is 2.87. The topological polar surface area (TPSA) is 104 Å². The Morgan fingerprint density at radius 3 is 2.79 bits per heavy atom. The summed E-state index contributed by atoms with van der Waals surface area (Å²) in [6.07, 6.45) is 5.23. The quantitative estimate of drug-likeness (QED) is 0.451. The lowest BCUT2D eigenvalue weighted by Crippen LogP contribution is -2.44. The van der Waals surface area contributed by atoms with E-state index in [4.69, 9.17) is 5.11 Å². The van der Waals surface area contributed by atoms with Crippen LogP contribution in [-0.2, 0) is 10.4 Å². The molecule has 7 heteroatoms. The zero-order chi connectivity index (χ0) is 17.9. The molecule has 1 aromatic carbocycles. The molecule has 7 nitrogen and oxygen atoms in total. The van der Waals surface area contributed by atoms with Crippen molar-refractivity contribution in [1.82, 2.24) is 0 Å². The normalized spacial score (nSPS) is 21.1. The number of hydrogen-bond acceptors (Lipinski definition) is 5. The zero-order valence-electron chi connectivity index (χ0n) is 13.4. The molecule has 0 radical (unpaired) electrons. The summed E-state index contributed by atoms with van der Waals surface area (Å²) in [4.78, 5) is 24.7. The highest BCUT2D eigenvalue weighted by Crippen LogP contribution is 2.46. The van der Waals surface area contributed by atoms with E-state index >= 15 is 0 Å². The van der Waals surface area contributed by atoms with Crippen LogP contribution in [0.1, 0.15) is 18.9 Å². The number of nitrogens with zero attached hydrogens (tertiary/aromatic N) is 2. The molecule has 0 saturated carbocycles. The number of fused-ring (bicyclic) bond motifs is 1. The molecule has 0 aliphatic carbocycles. The molecular formula is C17H20N2O5. The number of nitro benzene ring substituents is 1. The van der Waals surface area contributed by atoms with Crippen LogP contribution in [0.2, 0.25) is 0 Å². The SMILES string of the molecule is C=CCN1C(=O)[C@](O)([C@H](C)/C=C/CCO)c2cc([N+](=O)[O-])ccc21. The van der Waals surface area contributed by atoms with Gasteiger partial charge in [-0.1, -0.05) is 25.2 Å². The van der Waals surface area contributed by atoms with Crippen LogP contribution in [0.25, 0.3) is 0 Å². The van der Waals surface area contributed by atoms with Crippen LogP contribution in [0.5, 0.6) is 0 Å². The maximum absolute atomic E-state index is 12.8. The Labute approximate surface area is 139 Å². The molecule has 24 heavy (non-hydrogen) atoms. The Morgan fingerprint density at radius 1 is 1.50 bits per heavy atom. The molecule has 0 fully saturated rings. The lowest BCUT2D eigenvalue weighted by molar-refractivity contribution is -0.385. The van der Waals surface area contributed by atoms with E-state index in [1.165, 1.54) is 29.2 Å². The Balaban J connectivity index is 2.56. The molecule has 0 bridgehead atoms. The van der Waals surface area contributed by atoms with E-state index in [2.05, 4.69) is 6.58 Å². The van der Waals surface area contributed by atoms with Crippen molar-refractivity contribution in [3.63, 3.8) is 0 Å². The molecule has 0 aromatic heterocycles. The van der Waals surface area contributed by atoms with Gasteiger partial charge in [0.2, 0.25) is 0 Å². The van der Waals surface area contributed by atoms with E-state index in [0.717, 1.165) is 0 Å². The van der Waals surface area contributed by atoms with Gasteiger partial charge in [-0.2, -0.15) is 0 Å². The Bertz CT molecular complexity index is 700. The number of carbonyl (C=O) groups excluding carboxylic acids is 1. The van der Waals surface area contributed by atoms with Gasteiger partial charge in [-0.05, 0) is 12.5 Å². The van der Waals surface area contributed by atoms with E-state index in [9.17, 15) is 20.0 Å². The van der Waals surface area contributed by atoms with Gasteiger partial charge in [0.15, 0.2) is 5.60 Å². The van der Waals surface area contributed by atoms with Crippen LogP contribution < -0.4 is 4.90 Å². The first-order valence-electron chi connectivity index (χ1n) is 7.59. The highest BCUT2D eigenvalue weighted by Gasteiger charge is 2.52. The summed E-state index contributed by atoms with van der Waals surface area (Å²) in [5.74, 6) is -1.16. The van der Waals surface area contributed by atoms with Crippen LogP contribution in [-0.4, -0.2) is 34.2 Å². The van der Waals surface area contributed by atoms with Crippen LogP contribution in [0.4, 0.5) is 11.4 Å². The number of non-ortho nitro benzene ring substituents is 1. The number of benzene rings is 1. The molecule has 0 spiro atoms. The van der Waals surface area contributed by atoms with Gasteiger partial charge in [-0.25, -0.2) is 0 Å². The summed E-state index contributed by atoms with van der Waals surface area (Å²) in [6.45, 7) is 5.42. The molecule has 1 aliphatic rings. The molecule has 1 heterocycles. The summed E-state index contributed by atoms with van der Waals surface area (Å²) in [6, 6.07) is 4.02. The standard InChI is InChI=1S/C17H20N2O5/c1-3-9-18-15-8-7-13(19(23)24)11-14(15)17(22,16(18)21)12(2)6-4-5-10-20/h3-4,6-8,11-12,20,22H,1,5,9-10H2,2H3/b6-4+/t12-,17+/m1/s1. The average molecular weight is 332 g/mol. The Morgan fingerprint density at radius 2 is 2.21 bits per heavy atom. The molecule has 1 amide bonds. The Kier molecular flexibility index (Phi) is 5.16. The fraction of sp³-hybridized carbons (Fsp3) is 0.353. The summed E-state index contributed by atoms with van der Waals surface area (Å²) in [7, 11) is 0. The predicted octanol–water partition coefficient (Wildman–Crippen LogP) is 1.89. The minimum Gasteiger partial charge on any atom is -0.396 e. The number of aliphatic hydroxyl groups is 2. The molecule has 128 valence electrons. The van der Waals surface area contributed by atoms with Crippen molar-refractivity contribution in [1.29, 1.82) is 0 Å². The fourth-order valence-electron chi connectivity index (χ4n) is 2.87. The average Bonchev–Trinajstić information content (AvgIpc) is 2.78. The van der Waals surface area contributed by atoms with E-state index < -0.39 is 22.3 Å². The van der Waals surface area contributed by atoms with Gasteiger partial charge in [-0.15, -0.1) is 6.58 Å². The van der Waals surface area contributed by atoms with Crippen molar-refractivity contribution < 1.29 is 19.9 Å². The van der Waals surface area contributed by atoms with Crippen molar-refractivity contribution in [3.05, 3.63) is 58.7 Å². The van der Waals surface area contributed by atoms with Crippen molar-refractivity contribution in [2.75, 3.05) is 18.1 Å². The molecule has 2 atom stereocenters. The lowest BCUT2D eigenvalue weighted by Gasteiger charge is -2.27. The molecule has 1 aliphatic heterocycles. The molecule has 2 rings (SSSR count). The third-order valence-electron chi connectivity index (χ3n) is 4.15. The first-order chi connectivity index (χ1) is 11.4. The van der Waals surface area contributed by atoms with Gasteiger partial charge in [0.1, 0.15) is 0 Å². The van der Waals surface area contributed by atoms with E-state index in [1.807, 2.05) is 0 Å². The van der Waals surface area contributed by atoms with Crippen LogP contribution in [0, 0.1) is 16.0 Å². The molecule has 1 aromatic rings. The van der Waals surface area contributed by atoms with Gasteiger partial charge < -0.3 is 15.1 Å². The predicted molar refractivity (Wildman–Crippen MR) is 89.6 cm³/mol. The van der Waals surface area contributed by atoms with Crippen LogP contribution >= 0.6 is 0 Å². The van der Waals surface area contributed by atoms with Crippen molar-refractivity contribution >= 4 is 17.3 Å². The van der Waals surface area contributed by atoms with Crippen molar-refractivity contribution in [3.8, 4) is 0 Å². The number of rotatable bonds is 7. The largest absolute Gasteiger partial charge is 0.396 e. The lowest BCUT2D eigenvalue weighted by atomic mass is 9.82. The van der Waals surface area contributed by atoms with Crippen LogP contribution in [0.15, 0.2) is 43.0 Å². The minimum absolute atomic E-state index is 0.0414. The van der Waals surface area contributed by atoms with Crippen molar-refractivity contribution in [2.45, 2.75) is 18.9 Å². The second kappa shape index (κ2) is 6.94. The molecule has 0 unspecified atom stereocenters. The first kappa shape index (κ1) is 17.8. The number of nitro groups is 1. The number of amides is 1. The highest BCUT2D eigenvalue weighted by molar-refractivity contribution is 6.07. The highest BCUT2D eigenvalue weighted by atomic mass is 16.6. The van der Waals surface area contributed by atoms with E-state index in [0.29, 0.717) is 12.1 Å². The summed E-state index contributed by atoms with van der Waals surface area (Å²) >= 11 is 0. The summed E-state index contributed by atoms with van der Waals surface area (Å²) in [5, 5.41) is 31.0. The second-order valence-electron chi connectivity index (χ2n) is 5.66. The van der Waals surface area contributed by atoms with Crippen LogP contribution in [0.3, 0.4) is 0 Å². The van der Waals surface area contributed by atoms with Gasteiger partial charge in [0, 0.05) is 36.8 Å². The maximum atomic E-state index is 12.8. The summed E-state index contributed by atoms with van der Waals surface area (Å²) in [5.41, 5.74) is -1.43. The smallest absolute Gasteiger partial charge is 0.269 e. The number of anilines is 1. The number of hydrogen-bond donors (Lipinski definition) is 2. The van der Waals surface area contributed by atoms with Gasteiger partial charge in [-0.3, -0.25) is 14.9 Å². The monoisotopic (exact) mass is 332 g/mol. The van der Waals surface area contributed by atoms with Gasteiger partial charge in [0.05, 0.1) is 10.6 Å². The molecule has 0 saturated heterocycles. The third kappa shape index (κ3) is 2.83. The van der Waals surface area contributed by atoms with Gasteiger partial charge in [0.25, 0.3) is 11.6 Å². The third-order valence-corrected chi connectivity index (χ3v) is 4.15. The van der Waals surface area contributed by atoms with Crippen molar-refractivity contribution in [2.24, 2.45) is 5.92 Å². The minimum atomic E-state index is -1.89. The maximum Gasteiger partial charge on any atom is 0.269 e. The molecular weight excluding hydrogens is 312 g/mol. The first-order valence-corrected chi connectivity index (χ1v) is 7.59. The Hall–Kier alpha value is -2.51. The number of aliphatic hydroxyl groups excluding tert-OH is 1. The van der Waals surface area contributed by atoms with Gasteiger partial charge >= 0.3 is 0 Å². The zero-order valence-corrected chi connectivity index (χ0v) is 13.4. The molecule has 2 N–H and O–H groups in total. The van der Waals surface area contributed by atoms with E-state index in [1.54, 1.807) is 19.1 Å². The number of carbonyl (C=O) groups is 1. The second-order valence-corrected chi connectivity index (χ2v) is 5.66. The van der Waals surface area contributed by atoms with E-state index in [-0.39, 0.29) is 24.4 Å². The summed E-state index contributed by atoms with van der Waals surface area (Å²) < 4.78 is 0.